The van der Waals surface area contributed by atoms with Crippen LogP contribution in [0.25, 0.3) is 0 Å². The molecular formula is C12H16FNO3. The minimum Gasteiger partial charge on any atom is -0.505 e. The van der Waals surface area contributed by atoms with Crippen molar-refractivity contribution in [2.75, 3.05) is 19.8 Å². The van der Waals surface area contributed by atoms with E-state index in [-0.39, 0.29) is 5.75 Å². The first-order valence-corrected chi connectivity index (χ1v) is 5.74. The Balaban J connectivity index is 2.30. The number of halogens is 1. The average molecular weight is 241 g/mol. The average Bonchev–Trinajstić information content (AvgIpc) is 2.34. The van der Waals surface area contributed by atoms with E-state index in [2.05, 4.69) is 0 Å². The topological polar surface area (TPSA) is 64.7 Å². The molecule has 0 atom stereocenters. The minimum atomic E-state index is -0.669. The quantitative estimate of drug-likeness (QED) is 0.785. The molecule has 1 heterocycles. The van der Waals surface area contributed by atoms with E-state index in [1.807, 2.05) is 0 Å². The van der Waals surface area contributed by atoms with Crippen molar-refractivity contribution in [1.82, 2.24) is 0 Å². The standard InChI is InChI=1S/C12H16FNO3/c13-9-7-10-12(17-6-5-16-10)8(11(9)15)3-1-2-4-14/h7,15H,1-6,14H2. The van der Waals surface area contributed by atoms with Crippen LogP contribution in [0.15, 0.2) is 6.07 Å². The van der Waals surface area contributed by atoms with E-state index in [9.17, 15) is 9.50 Å². The Labute approximate surface area is 99.1 Å². The molecule has 0 spiro atoms. The van der Waals surface area contributed by atoms with Gasteiger partial charge in [-0.1, -0.05) is 0 Å². The van der Waals surface area contributed by atoms with Gasteiger partial charge in [0.2, 0.25) is 0 Å². The van der Waals surface area contributed by atoms with E-state index in [4.69, 9.17) is 15.2 Å². The summed E-state index contributed by atoms with van der Waals surface area (Å²) in [5, 5.41) is 9.71. The maximum Gasteiger partial charge on any atom is 0.169 e. The first-order chi connectivity index (χ1) is 8.24. The zero-order chi connectivity index (χ0) is 12.3. The van der Waals surface area contributed by atoms with Gasteiger partial charge in [-0.2, -0.15) is 0 Å². The van der Waals surface area contributed by atoms with Gasteiger partial charge in [0.1, 0.15) is 13.2 Å². The maximum absolute atomic E-state index is 13.5. The van der Waals surface area contributed by atoms with Crippen LogP contribution >= 0.6 is 0 Å². The molecule has 0 unspecified atom stereocenters. The van der Waals surface area contributed by atoms with Crippen molar-refractivity contribution < 1.29 is 19.0 Å². The monoisotopic (exact) mass is 241 g/mol. The van der Waals surface area contributed by atoms with Gasteiger partial charge in [-0.25, -0.2) is 4.39 Å². The molecule has 0 aromatic heterocycles. The van der Waals surface area contributed by atoms with Gasteiger partial charge in [-0.05, 0) is 25.8 Å². The Morgan fingerprint density at radius 1 is 1.29 bits per heavy atom. The number of benzene rings is 1. The van der Waals surface area contributed by atoms with Gasteiger partial charge in [0.05, 0.1) is 0 Å². The van der Waals surface area contributed by atoms with Crippen molar-refractivity contribution in [3.63, 3.8) is 0 Å². The summed E-state index contributed by atoms with van der Waals surface area (Å²) in [6, 6.07) is 1.16. The lowest BCUT2D eigenvalue weighted by Crippen LogP contribution is -2.17. The Kier molecular flexibility index (Phi) is 3.68. The molecule has 1 aromatic carbocycles. The molecule has 3 N–H and O–H groups in total. The zero-order valence-corrected chi connectivity index (χ0v) is 9.54. The Morgan fingerprint density at radius 2 is 2.06 bits per heavy atom. The van der Waals surface area contributed by atoms with Crippen LogP contribution in [0.4, 0.5) is 4.39 Å². The van der Waals surface area contributed by atoms with Crippen LogP contribution in [0.5, 0.6) is 17.2 Å². The fourth-order valence-electron chi connectivity index (χ4n) is 1.89. The summed E-state index contributed by atoms with van der Waals surface area (Å²) in [5.74, 6) is -0.176. The highest BCUT2D eigenvalue weighted by atomic mass is 19.1. The first-order valence-electron chi connectivity index (χ1n) is 5.74. The van der Waals surface area contributed by atoms with E-state index >= 15 is 0 Å². The first kappa shape index (κ1) is 12.0. The third kappa shape index (κ3) is 2.44. The second kappa shape index (κ2) is 5.23. The lowest BCUT2D eigenvalue weighted by molar-refractivity contribution is 0.167. The van der Waals surface area contributed by atoms with Gasteiger partial charge >= 0.3 is 0 Å². The predicted molar refractivity (Wildman–Crippen MR) is 61.0 cm³/mol. The van der Waals surface area contributed by atoms with E-state index in [0.717, 1.165) is 18.9 Å². The second-order valence-corrected chi connectivity index (χ2v) is 3.96. The molecule has 0 fully saturated rings. The van der Waals surface area contributed by atoms with E-state index in [0.29, 0.717) is 43.2 Å². The normalized spacial score (nSPS) is 13.8. The number of aromatic hydroxyl groups is 1. The van der Waals surface area contributed by atoms with Crippen LogP contribution in [-0.4, -0.2) is 24.9 Å². The van der Waals surface area contributed by atoms with Crippen LogP contribution in [-0.2, 0) is 6.42 Å². The van der Waals surface area contributed by atoms with E-state index in [1.165, 1.54) is 0 Å². The molecule has 0 saturated heterocycles. The molecule has 1 aliphatic heterocycles. The van der Waals surface area contributed by atoms with Gasteiger partial charge < -0.3 is 20.3 Å². The number of rotatable bonds is 4. The fourth-order valence-corrected chi connectivity index (χ4v) is 1.89. The number of fused-ring (bicyclic) bond motifs is 1. The van der Waals surface area contributed by atoms with E-state index in [1.54, 1.807) is 0 Å². The molecule has 1 aliphatic rings. The zero-order valence-electron chi connectivity index (χ0n) is 9.54. The molecular weight excluding hydrogens is 225 g/mol. The SMILES string of the molecule is NCCCCc1c(O)c(F)cc2c1OCCO2. The van der Waals surface area contributed by atoms with Gasteiger partial charge in [-0.3, -0.25) is 0 Å². The Hall–Kier alpha value is -1.49. The molecule has 5 heteroatoms. The molecule has 0 aliphatic carbocycles. The summed E-state index contributed by atoms with van der Waals surface area (Å²) in [6.45, 7) is 1.40. The Bertz CT molecular complexity index is 409. The highest BCUT2D eigenvalue weighted by molar-refractivity contribution is 5.54. The van der Waals surface area contributed by atoms with Crippen LogP contribution in [0, 0.1) is 5.82 Å². The fraction of sp³-hybridized carbons (Fsp3) is 0.500. The summed E-state index contributed by atoms with van der Waals surface area (Å²) in [7, 11) is 0. The van der Waals surface area contributed by atoms with Crippen molar-refractivity contribution in [3.05, 3.63) is 17.4 Å². The number of ether oxygens (including phenoxy) is 2. The summed E-state index contributed by atoms with van der Waals surface area (Å²) in [4.78, 5) is 0. The maximum atomic E-state index is 13.5. The molecule has 0 amide bonds. The summed E-state index contributed by atoms with van der Waals surface area (Å²) in [5.41, 5.74) is 5.89. The highest BCUT2D eigenvalue weighted by Gasteiger charge is 2.22. The number of phenolic OH excluding ortho intramolecular Hbond substituents is 1. The molecule has 2 rings (SSSR count). The van der Waals surface area contributed by atoms with E-state index < -0.39 is 5.82 Å². The number of nitrogens with two attached hydrogens (primary N) is 1. The number of hydrogen-bond donors (Lipinski definition) is 2. The molecule has 94 valence electrons. The van der Waals surface area contributed by atoms with Crippen molar-refractivity contribution in [2.24, 2.45) is 5.73 Å². The molecule has 1 aromatic rings. The molecule has 4 nitrogen and oxygen atoms in total. The number of hydrogen-bond acceptors (Lipinski definition) is 4. The lowest BCUT2D eigenvalue weighted by Gasteiger charge is -2.22. The minimum absolute atomic E-state index is 0.341. The van der Waals surface area contributed by atoms with Crippen molar-refractivity contribution in [1.29, 1.82) is 0 Å². The van der Waals surface area contributed by atoms with Gasteiger partial charge in [0.25, 0.3) is 0 Å². The van der Waals surface area contributed by atoms with Gasteiger partial charge in [0.15, 0.2) is 23.1 Å². The smallest absolute Gasteiger partial charge is 0.169 e. The summed E-state index contributed by atoms with van der Waals surface area (Å²) >= 11 is 0. The second-order valence-electron chi connectivity index (χ2n) is 3.96. The van der Waals surface area contributed by atoms with Crippen LogP contribution < -0.4 is 15.2 Å². The van der Waals surface area contributed by atoms with Crippen LogP contribution in [0.2, 0.25) is 0 Å². The molecule has 0 saturated carbocycles. The van der Waals surface area contributed by atoms with Gasteiger partial charge in [-0.15, -0.1) is 0 Å². The Morgan fingerprint density at radius 3 is 2.82 bits per heavy atom. The largest absolute Gasteiger partial charge is 0.505 e. The van der Waals surface area contributed by atoms with Crippen molar-refractivity contribution >= 4 is 0 Å². The molecule has 0 radical (unpaired) electrons. The van der Waals surface area contributed by atoms with Gasteiger partial charge in [0, 0.05) is 11.6 Å². The molecule has 0 bridgehead atoms. The van der Waals surface area contributed by atoms with Crippen LogP contribution in [0.3, 0.4) is 0 Å². The third-order valence-corrected chi connectivity index (χ3v) is 2.74. The predicted octanol–water partition coefficient (Wildman–Crippen LogP) is 1.58. The van der Waals surface area contributed by atoms with Crippen molar-refractivity contribution in [2.45, 2.75) is 19.3 Å². The molecule has 17 heavy (non-hydrogen) atoms. The number of phenols is 1. The highest BCUT2D eigenvalue weighted by Crippen LogP contribution is 2.41. The summed E-state index contributed by atoms with van der Waals surface area (Å²) in [6.07, 6.45) is 2.14. The summed E-state index contributed by atoms with van der Waals surface area (Å²) < 4.78 is 24.2. The third-order valence-electron chi connectivity index (χ3n) is 2.74. The van der Waals surface area contributed by atoms with Crippen LogP contribution in [0.1, 0.15) is 18.4 Å². The van der Waals surface area contributed by atoms with Crippen molar-refractivity contribution in [3.8, 4) is 17.2 Å². The number of unbranched alkanes of at least 4 members (excludes halogenated alkanes) is 1. The lowest BCUT2D eigenvalue weighted by atomic mass is 10.0.